The Hall–Kier alpha value is -1.93. The molecule has 0 saturated carbocycles. The maximum atomic E-state index is 12.3. The Labute approximate surface area is 142 Å². The average molecular weight is 357 g/mol. The van der Waals surface area contributed by atoms with Crippen LogP contribution in [0, 0.1) is 6.92 Å². The number of hydrogen-bond acceptors (Lipinski definition) is 6. The van der Waals surface area contributed by atoms with E-state index >= 15 is 0 Å². The van der Waals surface area contributed by atoms with Gasteiger partial charge in [0.1, 0.15) is 12.1 Å². The van der Waals surface area contributed by atoms with E-state index < -0.39 is 40.7 Å². The number of ether oxygens (including phenoxy) is 2. The van der Waals surface area contributed by atoms with Crippen LogP contribution in [-0.2, 0) is 29.1 Å². The van der Waals surface area contributed by atoms with Gasteiger partial charge in [-0.15, -0.1) is 0 Å². The summed E-state index contributed by atoms with van der Waals surface area (Å²) < 4.78 is 35.3. The van der Waals surface area contributed by atoms with E-state index in [4.69, 9.17) is 9.47 Å². The number of esters is 2. The Bertz CT molecular complexity index is 688. The van der Waals surface area contributed by atoms with Gasteiger partial charge in [-0.1, -0.05) is 17.7 Å². The third-order valence-electron chi connectivity index (χ3n) is 2.85. The van der Waals surface area contributed by atoms with Gasteiger partial charge in [0.05, 0.1) is 4.90 Å². The summed E-state index contributed by atoms with van der Waals surface area (Å²) in [6.45, 7) is 5.85. The Morgan fingerprint density at radius 2 is 1.62 bits per heavy atom. The second-order valence-electron chi connectivity index (χ2n) is 6.32. The molecule has 1 aromatic rings. The van der Waals surface area contributed by atoms with Gasteiger partial charge in [0.25, 0.3) is 0 Å². The van der Waals surface area contributed by atoms with Crippen molar-refractivity contribution in [3.63, 3.8) is 0 Å². The number of carbonyl (C=O) groups is 2. The Morgan fingerprint density at radius 1 is 1.08 bits per heavy atom. The molecule has 0 unspecified atom stereocenters. The predicted molar refractivity (Wildman–Crippen MR) is 87.8 cm³/mol. The van der Waals surface area contributed by atoms with Crippen LogP contribution in [0.25, 0.3) is 0 Å². The summed E-state index contributed by atoms with van der Waals surface area (Å²) in [6, 6.07) is 6.27. The van der Waals surface area contributed by atoms with E-state index in [0.717, 1.165) is 9.87 Å². The van der Waals surface area contributed by atoms with Crippen LogP contribution in [0.15, 0.2) is 29.2 Å². The Morgan fingerprint density at radius 3 is 2.12 bits per heavy atom. The fourth-order valence-electron chi connectivity index (χ4n) is 1.71. The molecule has 0 saturated heterocycles. The summed E-state index contributed by atoms with van der Waals surface area (Å²) in [4.78, 5) is 23.3. The summed E-state index contributed by atoms with van der Waals surface area (Å²) in [5.41, 5.74) is 0.239. The number of likely N-dealkylation sites (N-methyl/N-ethyl adjacent to an activating group) is 1. The summed E-state index contributed by atoms with van der Waals surface area (Å²) >= 11 is 0. The smallest absolute Gasteiger partial charge is 0.344 e. The van der Waals surface area contributed by atoms with Crippen LogP contribution in [0.4, 0.5) is 0 Å². The van der Waals surface area contributed by atoms with Gasteiger partial charge < -0.3 is 9.47 Å². The molecule has 0 aliphatic carbocycles. The molecule has 0 radical (unpaired) electrons. The summed E-state index contributed by atoms with van der Waals surface area (Å²) in [5, 5.41) is 0. The van der Waals surface area contributed by atoms with Crippen molar-refractivity contribution in [2.75, 3.05) is 20.2 Å². The molecular formula is C16H23NO6S. The van der Waals surface area contributed by atoms with Gasteiger partial charge in [-0.05, 0) is 39.8 Å². The van der Waals surface area contributed by atoms with Crippen LogP contribution in [0.3, 0.4) is 0 Å². The average Bonchev–Trinajstić information content (AvgIpc) is 2.43. The van der Waals surface area contributed by atoms with Crippen LogP contribution < -0.4 is 0 Å². The van der Waals surface area contributed by atoms with Crippen LogP contribution in [-0.4, -0.2) is 50.5 Å². The topological polar surface area (TPSA) is 90.0 Å². The van der Waals surface area contributed by atoms with E-state index in [9.17, 15) is 18.0 Å². The minimum atomic E-state index is -3.80. The van der Waals surface area contributed by atoms with Crippen molar-refractivity contribution in [1.82, 2.24) is 4.31 Å². The van der Waals surface area contributed by atoms with Gasteiger partial charge in [0.2, 0.25) is 10.0 Å². The molecule has 0 amide bonds. The molecule has 0 aliphatic rings. The number of hydrogen-bond donors (Lipinski definition) is 0. The molecule has 0 aliphatic heterocycles. The first-order valence-corrected chi connectivity index (χ1v) is 8.76. The zero-order valence-electron chi connectivity index (χ0n) is 14.5. The van der Waals surface area contributed by atoms with E-state index in [1.807, 2.05) is 6.92 Å². The lowest BCUT2D eigenvalue weighted by Crippen LogP contribution is -2.34. The number of rotatable bonds is 6. The molecule has 0 aromatic heterocycles. The van der Waals surface area contributed by atoms with E-state index in [0.29, 0.717) is 0 Å². The first-order valence-electron chi connectivity index (χ1n) is 7.32. The second kappa shape index (κ2) is 7.76. The molecule has 0 spiro atoms. The second-order valence-corrected chi connectivity index (χ2v) is 8.37. The molecule has 24 heavy (non-hydrogen) atoms. The summed E-state index contributed by atoms with van der Waals surface area (Å²) in [6.07, 6.45) is 0. The quantitative estimate of drug-likeness (QED) is 0.717. The molecule has 8 heteroatoms. The fraction of sp³-hybridized carbons (Fsp3) is 0.500. The highest BCUT2D eigenvalue weighted by Crippen LogP contribution is 2.15. The van der Waals surface area contributed by atoms with Crippen LogP contribution in [0.2, 0.25) is 0 Å². The van der Waals surface area contributed by atoms with Crippen molar-refractivity contribution < 1.29 is 27.5 Å². The zero-order chi connectivity index (χ0) is 18.5. The molecule has 134 valence electrons. The first kappa shape index (κ1) is 20.1. The Kier molecular flexibility index (Phi) is 6.50. The van der Waals surface area contributed by atoms with Gasteiger partial charge in [-0.2, -0.15) is 4.31 Å². The highest BCUT2D eigenvalue weighted by atomic mass is 32.2. The van der Waals surface area contributed by atoms with Gasteiger partial charge in [-0.3, -0.25) is 4.79 Å². The van der Waals surface area contributed by atoms with Gasteiger partial charge in [0, 0.05) is 7.05 Å². The summed E-state index contributed by atoms with van der Waals surface area (Å²) in [7, 11) is -2.53. The molecule has 0 bridgehead atoms. The van der Waals surface area contributed by atoms with Crippen LogP contribution >= 0.6 is 0 Å². The van der Waals surface area contributed by atoms with Gasteiger partial charge >= 0.3 is 11.9 Å². The highest BCUT2D eigenvalue weighted by molar-refractivity contribution is 7.89. The minimum absolute atomic E-state index is 0.0792. The molecule has 0 atom stereocenters. The van der Waals surface area contributed by atoms with Crippen molar-refractivity contribution in [3.05, 3.63) is 29.8 Å². The Balaban J connectivity index is 2.60. The van der Waals surface area contributed by atoms with Crippen LogP contribution in [0.5, 0.6) is 0 Å². The lowest BCUT2D eigenvalue weighted by molar-refractivity contribution is -0.166. The van der Waals surface area contributed by atoms with E-state index in [2.05, 4.69) is 0 Å². The van der Waals surface area contributed by atoms with Gasteiger partial charge in [0.15, 0.2) is 6.61 Å². The number of carbonyl (C=O) groups excluding carboxylic acids is 2. The maximum absolute atomic E-state index is 12.3. The third kappa shape index (κ3) is 6.29. The van der Waals surface area contributed by atoms with E-state index in [1.54, 1.807) is 32.9 Å². The number of benzene rings is 1. The molecular weight excluding hydrogens is 334 g/mol. The maximum Gasteiger partial charge on any atom is 0.344 e. The first-order chi connectivity index (χ1) is 10.9. The van der Waals surface area contributed by atoms with Crippen LogP contribution in [0.1, 0.15) is 26.3 Å². The number of sulfonamides is 1. The van der Waals surface area contributed by atoms with Crippen molar-refractivity contribution in [2.24, 2.45) is 0 Å². The molecule has 0 N–H and O–H groups in total. The lowest BCUT2D eigenvalue weighted by Gasteiger charge is -2.20. The fourth-order valence-corrected chi connectivity index (χ4v) is 2.83. The normalized spacial score (nSPS) is 12.1. The molecule has 1 rings (SSSR count). The highest BCUT2D eigenvalue weighted by Gasteiger charge is 2.24. The number of aryl methyl sites for hydroxylation is 1. The standard InChI is InChI=1S/C16H23NO6S/c1-12-6-8-13(9-7-12)24(20,21)17(5)10-14(18)22-11-15(19)23-16(2,3)4/h6-9H,10-11H2,1-5H3. The zero-order valence-corrected chi connectivity index (χ0v) is 15.3. The number of nitrogens with zero attached hydrogens (tertiary/aromatic N) is 1. The predicted octanol–water partition coefficient (Wildman–Crippen LogP) is 1.50. The van der Waals surface area contributed by atoms with E-state index in [-0.39, 0.29) is 4.90 Å². The molecule has 1 aromatic carbocycles. The van der Waals surface area contributed by atoms with E-state index in [1.165, 1.54) is 19.2 Å². The molecule has 7 nitrogen and oxygen atoms in total. The minimum Gasteiger partial charge on any atom is -0.457 e. The third-order valence-corrected chi connectivity index (χ3v) is 4.67. The molecule has 0 fully saturated rings. The van der Waals surface area contributed by atoms with Crippen molar-refractivity contribution >= 4 is 22.0 Å². The lowest BCUT2D eigenvalue weighted by atomic mass is 10.2. The monoisotopic (exact) mass is 357 g/mol. The SMILES string of the molecule is Cc1ccc(S(=O)(=O)N(C)CC(=O)OCC(=O)OC(C)(C)C)cc1. The van der Waals surface area contributed by atoms with Crippen molar-refractivity contribution in [3.8, 4) is 0 Å². The molecule has 0 heterocycles. The van der Waals surface area contributed by atoms with Gasteiger partial charge in [-0.25, -0.2) is 13.2 Å². The largest absolute Gasteiger partial charge is 0.457 e. The summed E-state index contributed by atoms with van der Waals surface area (Å²) in [5.74, 6) is -1.53. The van der Waals surface area contributed by atoms with Crippen molar-refractivity contribution in [2.45, 2.75) is 38.2 Å². The van der Waals surface area contributed by atoms with Crippen molar-refractivity contribution in [1.29, 1.82) is 0 Å².